The number of nitrogens with two attached hydrogens (primary N) is 1. The zero-order valence-electron chi connectivity index (χ0n) is 22.4. The average Bonchev–Trinajstić information content (AvgIpc) is 3.71. The van der Waals surface area contributed by atoms with E-state index in [9.17, 15) is 36.3 Å². The highest BCUT2D eigenvalue weighted by molar-refractivity contribution is 5.97. The van der Waals surface area contributed by atoms with E-state index in [-0.39, 0.29) is 35.1 Å². The molecule has 1 fully saturated rings. The van der Waals surface area contributed by atoms with Gasteiger partial charge in [-0.3, -0.25) is 24.0 Å². The first-order chi connectivity index (χ1) is 20.5. The minimum absolute atomic E-state index is 0.140. The Morgan fingerprint density at radius 3 is 2.37 bits per heavy atom. The molecule has 0 bridgehead atoms. The summed E-state index contributed by atoms with van der Waals surface area (Å²) in [6, 6.07) is 9.39. The largest absolute Gasteiger partial charge is 0.366 e. The molecule has 1 atom stereocenters. The lowest BCUT2D eigenvalue weighted by Crippen LogP contribution is -2.34. The Morgan fingerprint density at radius 2 is 1.72 bits per heavy atom. The van der Waals surface area contributed by atoms with Crippen molar-refractivity contribution < 1.29 is 36.3 Å². The van der Waals surface area contributed by atoms with E-state index in [2.05, 4.69) is 15.4 Å². The van der Waals surface area contributed by atoms with E-state index < -0.39 is 59.5 Å². The van der Waals surface area contributed by atoms with Crippen molar-refractivity contribution in [2.24, 2.45) is 11.7 Å². The Morgan fingerprint density at radius 1 is 1.00 bits per heavy atom. The minimum Gasteiger partial charge on any atom is -0.366 e. The maximum absolute atomic E-state index is 14.2. The fourth-order valence-electron chi connectivity index (χ4n) is 4.79. The highest BCUT2D eigenvalue weighted by atomic mass is 19.3. The lowest BCUT2D eigenvalue weighted by molar-refractivity contribution is -0.122. The average molecular weight is 598 g/mol. The lowest BCUT2D eigenvalue weighted by atomic mass is 9.94. The number of hydrogen-bond acceptors (Lipinski definition) is 5. The number of nitrogens with one attached hydrogen (secondary N) is 1. The number of ketones is 1. The third kappa shape index (κ3) is 6.76. The second kappa shape index (κ2) is 12.1. The Bertz CT molecular complexity index is 1700. The van der Waals surface area contributed by atoms with E-state index in [1.54, 1.807) is 12.1 Å². The van der Waals surface area contributed by atoms with Crippen LogP contribution in [0.3, 0.4) is 0 Å². The van der Waals surface area contributed by atoms with Gasteiger partial charge in [0.25, 0.3) is 12.3 Å². The molecule has 8 nitrogen and oxygen atoms in total. The van der Waals surface area contributed by atoms with Crippen LogP contribution in [-0.2, 0) is 17.8 Å². The highest BCUT2D eigenvalue weighted by Gasteiger charge is 2.33. The van der Waals surface area contributed by atoms with Gasteiger partial charge in [-0.2, -0.15) is 5.10 Å². The predicted octanol–water partition coefficient (Wildman–Crippen LogP) is 5.09. The van der Waals surface area contributed by atoms with Gasteiger partial charge in [0, 0.05) is 23.7 Å². The van der Waals surface area contributed by atoms with Crippen LogP contribution < -0.4 is 11.1 Å². The van der Waals surface area contributed by atoms with E-state index in [0.29, 0.717) is 30.0 Å². The topological polar surface area (TPSA) is 120 Å². The number of primary amides is 1. The molecular formula is C30H24F5N5O3. The van der Waals surface area contributed by atoms with Crippen LogP contribution in [0.4, 0.5) is 22.0 Å². The van der Waals surface area contributed by atoms with E-state index in [1.165, 1.54) is 18.3 Å². The molecule has 2 heterocycles. The van der Waals surface area contributed by atoms with Crippen LogP contribution in [-0.4, -0.2) is 32.4 Å². The maximum Gasteiger partial charge on any atom is 0.280 e. The van der Waals surface area contributed by atoms with Gasteiger partial charge in [0.1, 0.15) is 35.4 Å². The first-order valence-corrected chi connectivity index (χ1v) is 13.2. The number of aromatic nitrogens is 3. The summed E-state index contributed by atoms with van der Waals surface area (Å²) in [5.41, 5.74) is 5.07. The van der Waals surface area contributed by atoms with Gasteiger partial charge < -0.3 is 11.1 Å². The van der Waals surface area contributed by atoms with Crippen molar-refractivity contribution in [1.29, 1.82) is 0 Å². The molecule has 0 unspecified atom stereocenters. The molecule has 13 heteroatoms. The molecule has 0 radical (unpaired) electrons. The molecule has 2 aromatic carbocycles. The number of alkyl halides is 2. The van der Waals surface area contributed by atoms with Crippen LogP contribution in [0.1, 0.15) is 63.1 Å². The molecule has 0 saturated heterocycles. The smallest absolute Gasteiger partial charge is 0.280 e. The first kappa shape index (κ1) is 29.5. The lowest BCUT2D eigenvalue weighted by Gasteiger charge is -2.22. The summed E-state index contributed by atoms with van der Waals surface area (Å²) in [6.07, 6.45) is -0.547. The zero-order valence-corrected chi connectivity index (χ0v) is 22.4. The van der Waals surface area contributed by atoms with Gasteiger partial charge >= 0.3 is 0 Å². The number of pyridine rings is 1. The molecule has 3 N–H and O–H groups in total. The number of benzene rings is 2. The molecule has 0 spiro atoms. The molecule has 43 heavy (non-hydrogen) atoms. The predicted molar refractivity (Wildman–Crippen MR) is 143 cm³/mol. The van der Waals surface area contributed by atoms with Crippen LogP contribution in [0.25, 0.3) is 11.1 Å². The summed E-state index contributed by atoms with van der Waals surface area (Å²) >= 11 is 0. The fraction of sp³-hybridized carbons (Fsp3) is 0.233. The summed E-state index contributed by atoms with van der Waals surface area (Å²) in [5, 5.41) is 6.62. The van der Waals surface area contributed by atoms with E-state index >= 15 is 0 Å². The van der Waals surface area contributed by atoms with Crippen LogP contribution in [0.2, 0.25) is 0 Å². The van der Waals surface area contributed by atoms with Crippen molar-refractivity contribution in [2.75, 3.05) is 0 Å². The number of Topliss-reactive ketones (excluding diaryl/α,β-unsaturated/α-hetero) is 1. The standard InChI is InChI=1S/C30H24F5N5O3/c31-18-8-15(9-19(32)12-18)10-23(27-20(2-1-7-37-27)17-5-6-22(33)21(11-17)30(36)43)38-26(41)14-40-25(29(34)35)13-24(39-40)28(42)16-3-4-16/h1-2,5-9,11-13,16,23,29H,3-4,10,14H2,(H2,36,43)(H,38,41)/t23-/m0/s1. The van der Waals surface area contributed by atoms with Gasteiger partial charge in [-0.15, -0.1) is 0 Å². The van der Waals surface area contributed by atoms with Gasteiger partial charge in [-0.1, -0.05) is 12.1 Å². The molecule has 0 aliphatic heterocycles. The Labute approximate surface area is 241 Å². The molecule has 2 amide bonds. The Hall–Kier alpha value is -4.94. The number of amides is 2. The van der Waals surface area contributed by atoms with Crippen LogP contribution >= 0.6 is 0 Å². The van der Waals surface area contributed by atoms with Crippen molar-refractivity contribution in [3.63, 3.8) is 0 Å². The summed E-state index contributed by atoms with van der Waals surface area (Å²) in [4.78, 5) is 41.8. The van der Waals surface area contributed by atoms with Crippen LogP contribution in [0, 0.1) is 23.4 Å². The Kier molecular flexibility index (Phi) is 8.33. The molecule has 5 rings (SSSR count). The van der Waals surface area contributed by atoms with E-state index in [0.717, 1.165) is 28.9 Å². The zero-order chi connectivity index (χ0) is 30.8. The molecule has 1 aliphatic rings. The summed E-state index contributed by atoms with van der Waals surface area (Å²) in [6.45, 7) is -0.698. The van der Waals surface area contributed by atoms with Gasteiger partial charge in [-0.05, 0) is 66.8 Å². The van der Waals surface area contributed by atoms with Crippen LogP contribution in [0.15, 0.2) is 60.8 Å². The third-order valence-corrected chi connectivity index (χ3v) is 6.94. The fourth-order valence-corrected chi connectivity index (χ4v) is 4.79. The number of carbonyl (C=O) groups excluding carboxylic acids is 3. The summed E-state index contributed by atoms with van der Waals surface area (Å²) in [5.74, 6) is -5.06. The highest BCUT2D eigenvalue weighted by Crippen LogP contribution is 2.34. The normalized spacial score (nSPS) is 13.6. The van der Waals surface area contributed by atoms with Crippen LogP contribution in [0.5, 0.6) is 0 Å². The SMILES string of the molecule is NC(=O)c1cc(-c2cccnc2[C@H](Cc2cc(F)cc(F)c2)NC(=O)Cn2nc(C(=O)C3CC3)cc2C(F)F)ccc1F. The van der Waals surface area contributed by atoms with Crippen molar-refractivity contribution in [3.05, 3.63) is 106 Å². The first-order valence-electron chi connectivity index (χ1n) is 13.2. The van der Waals surface area contributed by atoms with Gasteiger partial charge in [0.15, 0.2) is 5.78 Å². The van der Waals surface area contributed by atoms with Crippen molar-refractivity contribution in [2.45, 2.75) is 38.3 Å². The van der Waals surface area contributed by atoms with Crippen molar-refractivity contribution in [3.8, 4) is 11.1 Å². The van der Waals surface area contributed by atoms with Gasteiger partial charge in [0.05, 0.1) is 17.3 Å². The number of hydrogen-bond donors (Lipinski definition) is 2. The van der Waals surface area contributed by atoms with E-state index in [1.807, 2.05) is 0 Å². The van der Waals surface area contributed by atoms with Crippen molar-refractivity contribution in [1.82, 2.24) is 20.1 Å². The molecular weight excluding hydrogens is 573 g/mol. The summed E-state index contributed by atoms with van der Waals surface area (Å²) in [7, 11) is 0. The van der Waals surface area contributed by atoms with Crippen molar-refractivity contribution >= 4 is 17.6 Å². The van der Waals surface area contributed by atoms with E-state index in [4.69, 9.17) is 5.73 Å². The molecule has 1 saturated carbocycles. The minimum atomic E-state index is -3.02. The summed E-state index contributed by atoms with van der Waals surface area (Å²) < 4.78 is 70.6. The number of nitrogens with zero attached hydrogens (tertiary/aromatic N) is 3. The Balaban J connectivity index is 1.50. The monoisotopic (exact) mass is 597 g/mol. The number of halogens is 5. The number of rotatable bonds is 11. The quantitative estimate of drug-likeness (QED) is 0.184. The number of carbonyl (C=O) groups is 3. The molecule has 1 aliphatic carbocycles. The molecule has 2 aromatic heterocycles. The maximum atomic E-state index is 14.2. The third-order valence-electron chi connectivity index (χ3n) is 6.94. The van der Waals surface area contributed by atoms with Gasteiger partial charge in [-0.25, -0.2) is 22.0 Å². The van der Waals surface area contributed by atoms with Gasteiger partial charge in [0.2, 0.25) is 5.91 Å². The molecule has 222 valence electrons. The molecule has 4 aromatic rings. The second-order valence-corrected chi connectivity index (χ2v) is 10.1. The second-order valence-electron chi connectivity index (χ2n) is 10.1.